The van der Waals surface area contributed by atoms with Crippen LogP contribution in [0.15, 0.2) is 48.8 Å². The van der Waals surface area contributed by atoms with Crippen LogP contribution in [0.3, 0.4) is 0 Å². The number of carboxylic acid groups (broad SMARTS) is 1. The van der Waals surface area contributed by atoms with Crippen molar-refractivity contribution in [3.8, 4) is 11.1 Å². The third-order valence-electron chi connectivity index (χ3n) is 2.36. The number of benzene rings is 1. The summed E-state index contributed by atoms with van der Waals surface area (Å²) in [6, 6.07) is 7.83. The Morgan fingerprint density at radius 2 is 1.89 bits per heavy atom. The van der Waals surface area contributed by atoms with Crippen LogP contribution >= 0.6 is 0 Å². The number of rotatable bonds is 3. The zero-order valence-electron chi connectivity index (χ0n) is 9.38. The quantitative estimate of drug-likeness (QED) is 0.843. The highest BCUT2D eigenvalue weighted by molar-refractivity contribution is 5.85. The summed E-state index contributed by atoms with van der Waals surface area (Å²) >= 11 is 0. The molecule has 0 fully saturated rings. The third-order valence-corrected chi connectivity index (χ3v) is 2.36. The van der Waals surface area contributed by atoms with Gasteiger partial charge in [0, 0.05) is 24.0 Å². The molecule has 0 spiro atoms. The van der Waals surface area contributed by atoms with E-state index in [1.165, 1.54) is 18.2 Å². The van der Waals surface area contributed by atoms with E-state index in [2.05, 4.69) is 4.98 Å². The fraction of sp³-hybridized carbons (Fsp3) is 0. The van der Waals surface area contributed by atoms with Crippen molar-refractivity contribution in [3.63, 3.8) is 0 Å². The molecule has 90 valence electrons. The van der Waals surface area contributed by atoms with Crippen molar-refractivity contribution in [3.05, 3.63) is 60.2 Å². The number of halogens is 1. The zero-order valence-corrected chi connectivity index (χ0v) is 9.38. The molecule has 0 saturated heterocycles. The van der Waals surface area contributed by atoms with Gasteiger partial charge in [-0.15, -0.1) is 0 Å². The molecule has 4 heteroatoms. The van der Waals surface area contributed by atoms with Gasteiger partial charge in [0.25, 0.3) is 0 Å². The molecule has 18 heavy (non-hydrogen) atoms. The summed E-state index contributed by atoms with van der Waals surface area (Å²) in [5.74, 6) is -1.31. The van der Waals surface area contributed by atoms with Crippen LogP contribution in [0.5, 0.6) is 0 Å². The highest BCUT2D eigenvalue weighted by Gasteiger charge is 1.99. The number of carboxylic acids is 1. The van der Waals surface area contributed by atoms with E-state index in [1.54, 1.807) is 30.6 Å². The minimum atomic E-state index is -1.01. The standard InChI is InChI=1S/C14H10FNO2/c15-13-4-2-11(3-5-13)12-7-10(8-16-9-12)1-6-14(17)18/h1-9H,(H,17,18)/b6-1+. The molecule has 0 aliphatic rings. The molecule has 3 nitrogen and oxygen atoms in total. The summed E-state index contributed by atoms with van der Waals surface area (Å²) in [4.78, 5) is 14.4. The minimum absolute atomic E-state index is 0.298. The molecule has 0 bridgehead atoms. The second-order valence-electron chi connectivity index (χ2n) is 3.69. The lowest BCUT2D eigenvalue weighted by Crippen LogP contribution is -1.87. The Labute approximate surface area is 103 Å². The van der Waals surface area contributed by atoms with Gasteiger partial charge in [0.05, 0.1) is 0 Å². The fourth-order valence-electron chi connectivity index (χ4n) is 1.52. The lowest BCUT2D eigenvalue weighted by molar-refractivity contribution is -0.131. The molecular weight excluding hydrogens is 233 g/mol. The van der Waals surface area contributed by atoms with E-state index in [4.69, 9.17) is 5.11 Å². The molecule has 2 aromatic rings. The maximum absolute atomic E-state index is 12.8. The van der Waals surface area contributed by atoms with Gasteiger partial charge in [-0.1, -0.05) is 12.1 Å². The van der Waals surface area contributed by atoms with Gasteiger partial charge in [-0.3, -0.25) is 4.98 Å². The van der Waals surface area contributed by atoms with E-state index in [1.807, 2.05) is 0 Å². The van der Waals surface area contributed by atoms with E-state index in [0.717, 1.165) is 17.2 Å². The maximum Gasteiger partial charge on any atom is 0.328 e. The SMILES string of the molecule is O=C(O)/C=C/c1cncc(-c2ccc(F)cc2)c1. The monoisotopic (exact) mass is 243 g/mol. The Bertz CT molecular complexity index is 591. The molecule has 2 rings (SSSR count). The van der Waals surface area contributed by atoms with Crippen LogP contribution in [-0.4, -0.2) is 16.1 Å². The van der Waals surface area contributed by atoms with Crippen molar-refractivity contribution < 1.29 is 14.3 Å². The summed E-state index contributed by atoms with van der Waals surface area (Å²) in [5.41, 5.74) is 2.32. The highest BCUT2D eigenvalue weighted by Crippen LogP contribution is 2.20. The minimum Gasteiger partial charge on any atom is -0.478 e. The van der Waals surface area contributed by atoms with Gasteiger partial charge in [-0.05, 0) is 35.4 Å². The summed E-state index contributed by atoms with van der Waals surface area (Å²) in [6.45, 7) is 0. The summed E-state index contributed by atoms with van der Waals surface area (Å²) in [7, 11) is 0. The molecule has 0 radical (unpaired) electrons. The number of pyridine rings is 1. The maximum atomic E-state index is 12.8. The Morgan fingerprint density at radius 3 is 2.56 bits per heavy atom. The van der Waals surface area contributed by atoms with Crippen molar-refractivity contribution in [2.75, 3.05) is 0 Å². The van der Waals surface area contributed by atoms with Crippen molar-refractivity contribution in [2.45, 2.75) is 0 Å². The molecule has 0 unspecified atom stereocenters. The summed E-state index contributed by atoms with van der Waals surface area (Å²) in [5, 5.41) is 8.54. The lowest BCUT2D eigenvalue weighted by atomic mass is 10.1. The molecule has 0 aliphatic carbocycles. The van der Waals surface area contributed by atoms with Gasteiger partial charge < -0.3 is 5.11 Å². The second kappa shape index (κ2) is 5.23. The number of hydrogen-bond acceptors (Lipinski definition) is 2. The molecule has 1 heterocycles. The highest BCUT2D eigenvalue weighted by atomic mass is 19.1. The number of hydrogen-bond donors (Lipinski definition) is 1. The molecule has 0 aliphatic heterocycles. The molecular formula is C14H10FNO2. The van der Waals surface area contributed by atoms with Gasteiger partial charge in [-0.25, -0.2) is 9.18 Å². The topological polar surface area (TPSA) is 50.2 Å². The number of carbonyl (C=O) groups is 1. The van der Waals surface area contributed by atoms with Crippen molar-refractivity contribution in [2.24, 2.45) is 0 Å². The van der Waals surface area contributed by atoms with E-state index in [9.17, 15) is 9.18 Å². The smallest absolute Gasteiger partial charge is 0.328 e. The Kier molecular flexibility index (Phi) is 3.48. The number of nitrogens with zero attached hydrogens (tertiary/aromatic N) is 1. The molecule has 1 aromatic carbocycles. The number of aromatic nitrogens is 1. The van der Waals surface area contributed by atoms with Gasteiger partial charge in [-0.2, -0.15) is 0 Å². The molecule has 1 aromatic heterocycles. The predicted octanol–water partition coefficient (Wildman–Crippen LogP) is 2.99. The molecule has 1 N–H and O–H groups in total. The first-order chi connectivity index (χ1) is 8.65. The van der Waals surface area contributed by atoms with Crippen LogP contribution in [0.25, 0.3) is 17.2 Å². The average molecular weight is 243 g/mol. The summed E-state index contributed by atoms with van der Waals surface area (Å²) in [6.07, 6.45) is 5.71. The third kappa shape index (κ3) is 3.01. The summed E-state index contributed by atoms with van der Waals surface area (Å²) < 4.78 is 12.8. The van der Waals surface area contributed by atoms with E-state index in [-0.39, 0.29) is 5.82 Å². The van der Waals surface area contributed by atoms with Gasteiger partial charge >= 0.3 is 5.97 Å². The Balaban J connectivity index is 2.32. The van der Waals surface area contributed by atoms with Crippen molar-refractivity contribution in [1.82, 2.24) is 4.98 Å². The first kappa shape index (κ1) is 12.0. The van der Waals surface area contributed by atoms with Crippen molar-refractivity contribution in [1.29, 1.82) is 0 Å². The number of aliphatic carboxylic acids is 1. The van der Waals surface area contributed by atoms with Crippen molar-refractivity contribution >= 4 is 12.0 Å². The van der Waals surface area contributed by atoms with Crippen LogP contribution in [0.4, 0.5) is 4.39 Å². The molecule has 0 atom stereocenters. The Morgan fingerprint density at radius 1 is 1.17 bits per heavy atom. The van der Waals surface area contributed by atoms with Crippen LogP contribution in [0.2, 0.25) is 0 Å². The first-order valence-electron chi connectivity index (χ1n) is 5.27. The van der Waals surface area contributed by atoms with Crippen LogP contribution < -0.4 is 0 Å². The lowest BCUT2D eigenvalue weighted by Gasteiger charge is -2.02. The Hall–Kier alpha value is -2.49. The van der Waals surface area contributed by atoms with Crippen LogP contribution in [0.1, 0.15) is 5.56 Å². The van der Waals surface area contributed by atoms with Gasteiger partial charge in [0.2, 0.25) is 0 Å². The van der Waals surface area contributed by atoms with E-state index in [0.29, 0.717) is 5.56 Å². The second-order valence-corrected chi connectivity index (χ2v) is 3.69. The van der Waals surface area contributed by atoms with Gasteiger partial charge in [0.1, 0.15) is 5.82 Å². The predicted molar refractivity (Wildman–Crippen MR) is 66.3 cm³/mol. The molecule has 0 amide bonds. The van der Waals surface area contributed by atoms with E-state index >= 15 is 0 Å². The zero-order chi connectivity index (χ0) is 13.0. The normalized spacial score (nSPS) is 10.7. The van der Waals surface area contributed by atoms with Crippen LogP contribution in [-0.2, 0) is 4.79 Å². The van der Waals surface area contributed by atoms with Crippen LogP contribution in [0, 0.1) is 5.82 Å². The fourth-order valence-corrected chi connectivity index (χ4v) is 1.52. The van der Waals surface area contributed by atoms with E-state index < -0.39 is 5.97 Å². The van der Waals surface area contributed by atoms with Gasteiger partial charge in [0.15, 0.2) is 0 Å². The largest absolute Gasteiger partial charge is 0.478 e. The average Bonchev–Trinajstić information content (AvgIpc) is 2.37. The first-order valence-corrected chi connectivity index (χ1v) is 5.27. The molecule has 0 saturated carbocycles.